The predicted molar refractivity (Wildman–Crippen MR) is 122 cm³/mol. The number of rotatable bonds is 5. The summed E-state index contributed by atoms with van der Waals surface area (Å²) in [5.74, 6) is 0.118. The molecule has 1 aromatic carbocycles. The lowest BCUT2D eigenvalue weighted by Gasteiger charge is -2.14. The van der Waals surface area contributed by atoms with Crippen LogP contribution in [0.15, 0.2) is 40.5 Å². The number of hydrogen-bond acceptors (Lipinski definition) is 5. The van der Waals surface area contributed by atoms with E-state index in [1.807, 2.05) is 12.1 Å². The number of hydrazone groups is 1. The zero-order valence-electron chi connectivity index (χ0n) is 17.5. The molecule has 0 spiro atoms. The van der Waals surface area contributed by atoms with E-state index in [-0.39, 0.29) is 11.5 Å². The van der Waals surface area contributed by atoms with Crippen LogP contribution in [0.1, 0.15) is 67.1 Å². The first kappa shape index (κ1) is 20.5. The Morgan fingerprint density at radius 1 is 1.20 bits per heavy atom. The third-order valence-corrected chi connectivity index (χ3v) is 6.89. The van der Waals surface area contributed by atoms with Crippen LogP contribution in [0.25, 0.3) is 10.2 Å². The largest absolute Gasteiger partial charge is 0.286 e. The van der Waals surface area contributed by atoms with Gasteiger partial charge >= 0.3 is 0 Å². The van der Waals surface area contributed by atoms with Crippen molar-refractivity contribution in [3.8, 4) is 0 Å². The van der Waals surface area contributed by atoms with E-state index in [0.29, 0.717) is 11.3 Å². The van der Waals surface area contributed by atoms with Crippen molar-refractivity contribution in [2.45, 2.75) is 58.4 Å². The summed E-state index contributed by atoms with van der Waals surface area (Å²) in [6.07, 6.45) is 7.26. The first-order chi connectivity index (χ1) is 14.5. The van der Waals surface area contributed by atoms with Gasteiger partial charge in [-0.1, -0.05) is 38.1 Å². The molecule has 4 rings (SSSR count). The summed E-state index contributed by atoms with van der Waals surface area (Å²) >= 11 is 1.61. The van der Waals surface area contributed by atoms with Gasteiger partial charge in [-0.3, -0.25) is 14.2 Å². The molecule has 30 heavy (non-hydrogen) atoms. The van der Waals surface area contributed by atoms with E-state index in [1.54, 1.807) is 24.5 Å². The highest BCUT2D eigenvalue weighted by Gasteiger charge is 2.23. The number of hydrogen-bond donors (Lipinski definition) is 1. The smallest absolute Gasteiger partial charge is 0.263 e. The highest BCUT2D eigenvalue weighted by atomic mass is 32.1. The summed E-state index contributed by atoms with van der Waals surface area (Å²) in [5.41, 5.74) is 5.68. The van der Waals surface area contributed by atoms with Crippen molar-refractivity contribution in [2.75, 3.05) is 0 Å². The first-order valence-corrected chi connectivity index (χ1v) is 11.2. The molecule has 1 atom stereocenters. The maximum atomic E-state index is 13.1. The van der Waals surface area contributed by atoms with E-state index in [4.69, 9.17) is 0 Å². The minimum absolute atomic E-state index is 0.143. The van der Waals surface area contributed by atoms with Gasteiger partial charge in [-0.25, -0.2) is 10.4 Å². The second-order valence-corrected chi connectivity index (χ2v) is 9.16. The number of thiophene rings is 1. The van der Waals surface area contributed by atoms with Gasteiger partial charge in [0.15, 0.2) is 0 Å². The predicted octanol–water partition coefficient (Wildman–Crippen LogP) is 4.17. The van der Waals surface area contributed by atoms with Gasteiger partial charge in [-0.05, 0) is 55.2 Å². The van der Waals surface area contributed by atoms with Crippen LogP contribution in [0.5, 0.6) is 0 Å². The number of benzene rings is 1. The van der Waals surface area contributed by atoms with Gasteiger partial charge in [-0.15, -0.1) is 11.3 Å². The summed E-state index contributed by atoms with van der Waals surface area (Å²) < 4.78 is 1.41. The van der Waals surface area contributed by atoms with Crippen LogP contribution in [0.3, 0.4) is 0 Å². The molecule has 1 amide bonds. The van der Waals surface area contributed by atoms with Crippen LogP contribution < -0.4 is 11.0 Å². The number of amides is 1. The minimum Gasteiger partial charge on any atom is -0.286 e. The van der Waals surface area contributed by atoms with Crippen molar-refractivity contribution >= 4 is 33.7 Å². The Morgan fingerprint density at radius 3 is 2.67 bits per heavy atom. The highest BCUT2D eigenvalue weighted by molar-refractivity contribution is 7.18. The fourth-order valence-corrected chi connectivity index (χ4v) is 5.01. The normalized spacial score (nSPS) is 14.9. The lowest BCUT2D eigenvalue weighted by Crippen LogP contribution is -2.34. The van der Waals surface area contributed by atoms with Crippen molar-refractivity contribution in [3.05, 3.63) is 62.5 Å². The molecular weight excluding hydrogens is 396 g/mol. The van der Waals surface area contributed by atoms with Gasteiger partial charge in [-0.2, -0.15) is 5.10 Å². The highest BCUT2D eigenvalue weighted by Crippen LogP contribution is 2.33. The molecule has 0 fully saturated rings. The van der Waals surface area contributed by atoms with Crippen LogP contribution in [0.2, 0.25) is 0 Å². The van der Waals surface area contributed by atoms with Crippen LogP contribution in [0.4, 0.5) is 0 Å². The van der Waals surface area contributed by atoms with E-state index in [2.05, 4.69) is 41.5 Å². The Labute approximate surface area is 179 Å². The quantitative estimate of drug-likeness (QED) is 0.495. The summed E-state index contributed by atoms with van der Waals surface area (Å²) in [6, 6.07) is 7.35. The second-order valence-electron chi connectivity index (χ2n) is 8.08. The third-order valence-electron chi connectivity index (χ3n) is 5.69. The van der Waals surface area contributed by atoms with Crippen LogP contribution in [0, 0.1) is 0 Å². The first-order valence-electron chi connectivity index (χ1n) is 10.4. The Morgan fingerprint density at radius 2 is 1.93 bits per heavy atom. The molecule has 7 heteroatoms. The SMILES string of the molecule is CC(C)c1ccc(/C=N/NC(=O)[C@H](C)n2cnc3sc4c(c3c2=O)CCCC4)cc1. The van der Waals surface area contributed by atoms with Crippen molar-refractivity contribution in [1.29, 1.82) is 0 Å². The number of carbonyl (C=O) groups is 1. The minimum atomic E-state index is -0.700. The average molecular weight is 423 g/mol. The fraction of sp³-hybridized carbons (Fsp3) is 0.391. The van der Waals surface area contributed by atoms with E-state index in [0.717, 1.165) is 41.6 Å². The van der Waals surface area contributed by atoms with E-state index in [9.17, 15) is 9.59 Å². The molecule has 0 aliphatic heterocycles. The number of carbonyl (C=O) groups excluding carboxylic acids is 1. The van der Waals surface area contributed by atoms with Gasteiger partial charge in [0, 0.05) is 4.88 Å². The van der Waals surface area contributed by atoms with Gasteiger partial charge in [0.2, 0.25) is 0 Å². The summed E-state index contributed by atoms with van der Waals surface area (Å²) in [7, 11) is 0. The second kappa shape index (κ2) is 8.52. The molecule has 0 bridgehead atoms. The van der Waals surface area contributed by atoms with E-state index >= 15 is 0 Å². The van der Waals surface area contributed by atoms with E-state index in [1.165, 1.54) is 21.3 Å². The Balaban J connectivity index is 1.50. The number of aryl methyl sites for hydroxylation is 2. The number of fused-ring (bicyclic) bond motifs is 3. The number of aromatic nitrogens is 2. The monoisotopic (exact) mass is 422 g/mol. The third kappa shape index (κ3) is 3.94. The number of nitrogens with zero attached hydrogens (tertiary/aromatic N) is 3. The molecule has 1 aliphatic carbocycles. The molecular formula is C23H26N4O2S. The number of nitrogens with one attached hydrogen (secondary N) is 1. The Kier molecular flexibility index (Phi) is 5.81. The van der Waals surface area contributed by atoms with Gasteiger partial charge in [0.25, 0.3) is 11.5 Å². The summed E-state index contributed by atoms with van der Waals surface area (Å²) in [4.78, 5) is 32.2. The van der Waals surface area contributed by atoms with Crippen LogP contribution >= 0.6 is 11.3 Å². The van der Waals surface area contributed by atoms with Crippen molar-refractivity contribution in [1.82, 2.24) is 15.0 Å². The molecule has 1 aliphatic rings. The fourth-order valence-electron chi connectivity index (χ4n) is 3.79. The molecule has 0 saturated heterocycles. The van der Waals surface area contributed by atoms with Crippen LogP contribution in [-0.2, 0) is 17.6 Å². The van der Waals surface area contributed by atoms with Crippen molar-refractivity contribution in [3.63, 3.8) is 0 Å². The molecule has 0 unspecified atom stereocenters. The maximum Gasteiger partial charge on any atom is 0.263 e. The molecule has 156 valence electrons. The molecule has 2 aromatic heterocycles. The van der Waals surface area contributed by atoms with Crippen molar-refractivity contribution in [2.24, 2.45) is 5.10 Å². The van der Waals surface area contributed by atoms with Gasteiger partial charge in [0.1, 0.15) is 10.9 Å². The zero-order valence-corrected chi connectivity index (χ0v) is 18.3. The van der Waals surface area contributed by atoms with Crippen LogP contribution in [-0.4, -0.2) is 21.7 Å². The summed E-state index contributed by atoms with van der Waals surface area (Å²) in [6.45, 7) is 5.98. The molecule has 0 saturated carbocycles. The average Bonchev–Trinajstić information content (AvgIpc) is 3.13. The summed E-state index contributed by atoms with van der Waals surface area (Å²) in [5, 5.41) is 4.74. The molecule has 3 aromatic rings. The van der Waals surface area contributed by atoms with E-state index < -0.39 is 6.04 Å². The Bertz CT molecular complexity index is 1160. The van der Waals surface area contributed by atoms with Gasteiger partial charge < -0.3 is 0 Å². The molecule has 6 nitrogen and oxygen atoms in total. The van der Waals surface area contributed by atoms with Crippen molar-refractivity contribution < 1.29 is 4.79 Å². The molecule has 1 N–H and O–H groups in total. The maximum absolute atomic E-state index is 13.1. The molecule has 2 heterocycles. The lowest BCUT2D eigenvalue weighted by atomic mass is 9.97. The zero-order chi connectivity index (χ0) is 21.3. The Hall–Kier alpha value is -2.80. The lowest BCUT2D eigenvalue weighted by molar-refractivity contribution is -0.123. The topological polar surface area (TPSA) is 76.3 Å². The standard InChI is InChI=1S/C23H26N4O2S/c1-14(2)17-10-8-16(9-11-17)12-25-26-21(28)15(3)27-13-24-22-20(23(27)29)18-6-4-5-7-19(18)30-22/h8-15H,4-7H2,1-3H3,(H,26,28)/b25-12+/t15-/m0/s1. The molecule has 0 radical (unpaired) electrons. The van der Waals surface area contributed by atoms with Gasteiger partial charge in [0.05, 0.1) is 17.9 Å².